The van der Waals surface area contributed by atoms with E-state index in [1.807, 2.05) is 12.3 Å². The molecule has 0 spiro atoms. The summed E-state index contributed by atoms with van der Waals surface area (Å²) in [6, 6.07) is 11.1. The second-order valence-corrected chi connectivity index (χ2v) is 6.19. The maximum absolute atomic E-state index is 12.2. The van der Waals surface area contributed by atoms with Crippen molar-refractivity contribution in [1.29, 1.82) is 0 Å². The van der Waals surface area contributed by atoms with Gasteiger partial charge in [-0.3, -0.25) is 19.5 Å². The first-order valence-electron chi connectivity index (χ1n) is 8.61. The molecule has 0 aliphatic carbocycles. The molecule has 4 heteroatoms. The number of aryl methyl sites for hydroxylation is 1. The predicted molar refractivity (Wildman–Crippen MR) is 92.8 cm³/mol. The number of imide groups is 1. The molecular weight excluding hydrogens is 300 g/mol. The van der Waals surface area contributed by atoms with Crippen molar-refractivity contribution < 1.29 is 9.59 Å². The second kappa shape index (κ2) is 7.86. The third-order valence-electron chi connectivity index (χ3n) is 4.45. The van der Waals surface area contributed by atoms with Crippen molar-refractivity contribution in [1.82, 2.24) is 9.88 Å². The highest BCUT2D eigenvalue weighted by Gasteiger charge is 2.34. The fraction of sp³-hybridized carbons (Fsp3) is 0.350. The van der Waals surface area contributed by atoms with E-state index in [4.69, 9.17) is 0 Å². The number of benzene rings is 1. The molecule has 0 saturated carbocycles. The number of rotatable bonds is 8. The molecule has 2 aromatic rings. The molecule has 2 heterocycles. The normalized spacial score (nSPS) is 13.4. The van der Waals surface area contributed by atoms with Gasteiger partial charge in [-0.2, -0.15) is 0 Å². The summed E-state index contributed by atoms with van der Waals surface area (Å²) in [4.78, 5) is 30.0. The Labute approximate surface area is 142 Å². The number of pyridine rings is 1. The highest BCUT2D eigenvalue weighted by Crippen LogP contribution is 2.22. The maximum atomic E-state index is 12.2. The minimum atomic E-state index is -0.146. The third-order valence-corrected chi connectivity index (χ3v) is 4.45. The Morgan fingerprint density at radius 3 is 2.12 bits per heavy atom. The van der Waals surface area contributed by atoms with E-state index in [0.717, 1.165) is 38.5 Å². The molecule has 3 rings (SSSR count). The van der Waals surface area contributed by atoms with Crippen LogP contribution in [0.1, 0.15) is 58.4 Å². The van der Waals surface area contributed by atoms with Crippen LogP contribution in [0.15, 0.2) is 48.8 Å². The Hall–Kier alpha value is -2.49. The van der Waals surface area contributed by atoms with Crippen LogP contribution in [0.5, 0.6) is 0 Å². The number of nitrogens with zero attached hydrogens (tertiary/aromatic N) is 2. The molecule has 0 atom stereocenters. The molecule has 1 aliphatic rings. The lowest BCUT2D eigenvalue weighted by atomic mass is 10.1. The van der Waals surface area contributed by atoms with E-state index in [-0.39, 0.29) is 11.8 Å². The van der Waals surface area contributed by atoms with Crippen LogP contribution >= 0.6 is 0 Å². The Morgan fingerprint density at radius 2 is 1.46 bits per heavy atom. The summed E-state index contributed by atoms with van der Waals surface area (Å²) in [6.07, 6.45) is 10.1. The molecule has 124 valence electrons. The maximum Gasteiger partial charge on any atom is 0.261 e. The van der Waals surface area contributed by atoms with Crippen LogP contribution < -0.4 is 0 Å². The molecule has 0 radical (unpaired) electrons. The standard InChI is InChI=1S/C20H22N2O2/c23-19-17-11-5-6-12-18(17)20(24)22(19)14-7-3-1-2-4-9-16-10-8-13-21-15-16/h5-6,8,10-13,15H,1-4,7,9,14H2. The number of hydrogen-bond acceptors (Lipinski definition) is 3. The van der Waals surface area contributed by atoms with Crippen LogP contribution in [0.4, 0.5) is 0 Å². The molecular formula is C20H22N2O2. The highest BCUT2D eigenvalue weighted by atomic mass is 16.2. The van der Waals surface area contributed by atoms with Gasteiger partial charge < -0.3 is 0 Å². The molecule has 1 aromatic heterocycles. The van der Waals surface area contributed by atoms with Crippen molar-refractivity contribution >= 4 is 11.8 Å². The van der Waals surface area contributed by atoms with Gasteiger partial charge in [0.25, 0.3) is 11.8 Å². The summed E-state index contributed by atoms with van der Waals surface area (Å²) < 4.78 is 0. The van der Waals surface area contributed by atoms with Crippen LogP contribution in [0.25, 0.3) is 0 Å². The van der Waals surface area contributed by atoms with Crippen molar-refractivity contribution in [2.75, 3.05) is 6.54 Å². The van der Waals surface area contributed by atoms with Gasteiger partial charge in [0.2, 0.25) is 0 Å². The molecule has 0 fully saturated rings. The SMILES string of the molecule is O=C1c2ccccc2C(=O)N1CCCCCCCc1cccnc1. The van der Waals surface area contributed by atoms with E-state index in [2.05, 4.69) is 11.1 Å². The minimum Gasteiger partial charge on any atom is -0.274 e. The van der Waals surface area contributed by atoms with E-state index in [0.29, 0.717) is 17.7 Å². The van der Waals surface area contributed by atoms with Crippen LogP contribution in [0.2, 0.25) is 0 Å². The summed E-state index contributed by atoms with van der Waals surface area (Å²) in [7, 11) is 0. The average Bonchev–Trinajstić information content (AvgIpc) is 2.87. The van der Waals surface area contributed by atoms with Gasteiger partial charge in [-0.1, -0.05) is 37.5 Å². The Bertz CT molecular complexity index is 678. The second-order valence-electron chi connectivity index (χ2n) is 6.19. The molecule has 2 amide bonds. The lowest BCUT2D eigenvalue weighted by Gasteiger charge is -2.13. The first-order valence-corrected chi connectivity index (χ1v) is 8.61. The number of aromatic nitrogens is 1. The zero-order valence-electron chi connectivity index (χ0n) is 13.8. The van der Waals surface area contributed by atoms with Gasteiger partial charge in [0.05, 0.1) is 11.1 Å². The van der Waals surface area contributed by atoms with Gasteiger partial charge in [0, 0.05) is 18.9 Å². The predicted octanol–water partition coefficient (Wildman–Crippen LogP) is 3.87. The van der Waals surface area contributed by atoms with E-state index in [1.165, 1.54) is 10.5 Å². The molecule has 0 saturated heterocycles. The zero-order chi connectivity index (χ0) is 16.8. The summed E-state index contributed by atoms with van der Waals surface area (Å²) in [5.74, 6) is -0.292. The molecule has 24 heavy (non-hydrogen) atoms. The van der Waals surface area contributed by atoms with E-state index in [1.54, 1.807) is 30.5 Å². The molecule has 4 nitrogen and oxygen atoms in total. The number of hydrogen-bond donors (Lipinski definition) is 0. The van der Waals surface area contributed by atoms with Crippen LogP contribution in [-0.2, 0) is 6.42 Å². The zero-order valence-corrected chi connectivity index (χ0v) is 13.8. The summed E-state index contributed by atoms with van der Waals surface area (Å²) in [5.41, 5.74) is 2.36. The lowest BCUT2D eigenvalue weighted by Crippen LogP contribution is -2.30. The van der Waals surface area contributed by atoms with Crippen LogP contribution in [0, 0.1) is 0 Å². The third kappa shape index (κ3) is 3.70. The molecule has 0 N–H and O–H groups in total. The number of carbonyl (C=O) groups excluding carboxylic acids is 2. The molecule has 1 aliphatic heterocycles. The van der Waals surface area contributed by atoms with Crippen molar-refractivity contribution in [3.63, 3.8) is 0 Å². The minimum absolute atomic E-state index is 0.146. The average molecular weight is 322 g/mol. The van der Waals surface area contributed by atoms with Gasteiger partial charge in [0.15, 0.2) is 0 Å². The van der Waals surface area contributed by atoms with E-state index >= 15 is 0 Å². The van der Waals surface area contributed by atoms with Crippen molar-refractivity contribution in [3.05, 3.63) is 65.5 Å². The van der Waals surface area contributed by atoms with Crippen LogP contribution in [0.3, 0.4) is 0 Å². The molecule has 0 unspecified atom stereocenters. The molecule has 0 bridgehead atoms. The van der Waals surface area contributed by atoms with Crippen LogP contribution in [-0.4, -0.2) is 28.2 Å². The smallest absolute Gasteiger partial charge is 0.261 e. The summed E-state index contributed by atoms with van der Waals surface area (Å²) in [6.45, 7) is 0.523. The first-order chi connectivity index (χ1) is 11.8. The topological polar surface area (TPSA) is 50.3 Å². The fourth-order valence-corrected chi connectivity index (χ4v) is 3.12. The number of amides is 2. The van der Waals surface area contributed by atoms with Gasteiger partial charge in [-0.15, -0.1) is 0 Å². The van der Waals surface area contributed by atoms with Crippen molar-refractivity contribution in [2.45, 2.75) is 38.5 Å². The van der Waals surface area contributed by atoms with Gasteiger partial charge in [0.1, 0.15) is 0 Å². The van der Waals surface area contributed by atoms with Gasteiger partial charge >= 0.3 is 0 Å². The fourth-order valence-electron chi connectivity index (χ4n) is 3.12. The number of fused-ring (bicyclic) bond motifs is 1. The van der Waals surface area contributed by atoms with E-state index in [9.17, 15) is 9.59 Å². The van der Waals surface area contributed by atoms with Gasteiger partial charge in [-0.05, 0) is 43.0 Å². The number of carbonyl (C=O) groups is 2. The monoisotopic (exact) mass is 322 g/mol. The first kappa shape index (κ1) is 16.4. The number of unbranched alkanes of at least 4 members (excludes halogenated alkanes) is 4. The Morgan fingerprint density at radius 1 is 0.792 bits per heavy atom. The lowest BCUT2D eigenvalue weighted by molar-refractivity contribution is 0.0651. The summed E-state index contributed by atoms with van der Waals surface area (Å²) in [5, 5.41) is 0. The Balaban J connectivity index is 1.34. The highest BCUT2D eigenvalue weighted by molar-refractivity contribution is 6.21. The molecule has 1 aromatic carbocycles. The quantitative estimate of drug-likeness (QED) is 0.547. The van der Waals surface area contributed by atoms with Crippen molar-refractivity contribution in [2.24, 2.45) is 0 Å². The van der Waals surface area contributed by atoms with E-state index < -0.39 is 0 Å². The van der Waals surface area contributed by atoms with Crippen molar-refractivity contribution in [3.8, 4) is 0 Å². The Kier molecular flexibility index (Phi) is 5.36. The largest absolute Gasteiger partial charge is 0.274 e. The summed E-state index contributed by atoms with van der Waals surface area (Å²) >= 11 is 0. The van der Waals surface area contributed by atoms with Gasteiger partial charge in [-0.25, -0.2) is 0 Å².